The van der Waals surface area contributed by atoms with Gasteiger partial charge in [0.15, 0.2) is 11.3 Å². The van der Waals surface area contributed by atoms with Crippen LogP contribution in [-0.4, -0.2) is 18.5 Å². The number of anilines is 1. The fourth-order valence-electron chi connectivity index (χ4n) is 1.68. The van der Waals surface area contributed by atoms with Crippen LogP contribution >= 0.6 is 27.5 Å². The Balaban J connectivity index is 1.83. The number of halogens is 2. The van der Waals surface area contributed by atoms with Crippen molar-refractivity contribution in [2.24, 2.45) is 0 Å². The number of carbonyl (C=O) groups excluding carboxylic acids is 2. The molecule has 0 aliphatic carbocycles. The molecule has 120 valence electrons. The second kappa shape index (κ2) is 7.99. The highest BCUT2D eigenvalue weighted by Gasteiger charge is 2.08. The molecule has 1 heterocycles. The minimum atomic E-state index is -0.643. The molecule has 0 radical (unpaired) electrons. The standard InChI is InChI=1S/C16H13BrClNO4/c1-10-12(18)3-2-4-13(10)19-15(20)9-22-16(21)8-6-11-5-7-14(17)23-11/h2-8H,9H2,1H3,(H,19,20)/b8-6+. The van der Waals surface area contributed by atoms with E-state index in [0.717, 1.165) is 5.56 Å². The van der Waals surface area contributed by atoms with Crippen LogP contribution in [0.3, 0.4) is 0 Å². The smallest absolute Gasteiger partial charge is 0.331 e. The Morgan fingerprint density at radius 1 is 1.35 bits per heavy atom. The van der Waals surface area contributed by atoms with Gasteiger partial charge in [0.1, 0.15) is 5.76 Å². The number of amides is 1. The first-order chi connectivity index (χ1) is 11.0. The van der Waals surface area contributed by atoms with Gasteiger partial charge >= 0.3 is 5.97 Å². The molecule has 0 fully saturated rings. The Labute approximate surface area is 146 Å². The zero-order chi connectivity index (χ0) is 16.8. The van der Waals surface area contributed by atoms with E-state index in [-0.39, 0.29) is 0 Å². The molecule has 0 aliphatic heterocycles. The van der Waals surface area contributed by atoms with Crippen molar-refractivity contribution in [1.29, 1.82) is 0 Å². The fraction of sp³-hybridized carbons (Fsp3) is 0.125. The number of furan rings is 1. The molecule has 0 saturated heterocycles. The molecule has 1 aromatic heterocycles. The summed E-state index contributed by atoms with van der Waals surface area (Å²) in [7, 11) is 0. The monoisotopic (exact) mass is 397 g/mol. The summed E-state index contributed by atoms with van der Waals surface area (Å²) in [5, 5.41) is 3.18. The van der Waals surface area contributed by atoms with Crippen molar-refractivity contribution in [2.75, 3.05) is 11.9 Å². The summed E-state index contributed by atoms with van der Waals surface area (Å²) in [6, 6.07) is 8.55. The van der Waals surface area contributed by atoms with Crippen LogP contribution in [0.5, 0.6) is 0 Å². The van der Waals surface area contributed by atoms with Gasteiger partial charge in [0, 0.05) is 16.8 Å². The molecule has 2 rings (SSSR count). The first kappa shape index (κ1) is 17.3. The lowest BCUT2D eigenvalue weighted by Crippen LogP contribution is -2.20. The number of carbonyl (C=O) groups is 2. The fourth-order valence-corrected chi connectivity index (χ4v) is 2.18. The number of esters is 1. The molecular formula is C16H13BrClNO4. The van der Waals surface area contributed by atoms with Gasteiger partial charge in [0.25, 0.3) is 5.91 Å². The van der Waals surface area contributed by atoms with Crippen LogP contribution in [0, 0.1) is 6.92 Å². The molecule has 5 nitrogen and oxygen atoms in total. The number of ether oxygens (including phenoxy) is 1. The average Bonchev–Trinajstić information content (AvgIpc) is 2.93. The Morgan fingerprint density at radius 2 is 2.13 bits per heavy atom. The van der Waals surface area contributed by atoms with E-state index in [1.165, 1.54) is 12.2 Å². The molecule has 0 bridgehead atoms. The van der Waals surface area contributed by atoms with Crippen LogP contribution < -0.4 is 5.32 Å². The molecule has 1 N–H and O–H groups in total. The molecule has 1 aromatic carbocycles. The van der Waals surface area contributed by atoms with E-state index in [1.54, 1.807) is 37.3 Å². The lowest BCUT2D eigenvalue weighted by molar-refractivity contribution is -0.142. The molecule has 1 amide bonds. The predicted octanol–water partition coefficient (Wildman–Crippen LogP) is 4.20. The number of nitrogens with one attached hydrogen (secondary N) is 1. The zero-order valence-electron chi connectivity index (χ0n) is 12.1. The lowest BCUT2D eigenvalue weighted by Gasteiger charge is -2.09. The highest BCUT2D eigenvalue weighted by Crippen LogP contribution is 2.22. The van der Waals surface area contributed by atoms with Crippen molar-refractivity contribution in [2.45, 2.75) is 6.92 Å². The first-order valence-corrected chi connectivity index (χ1v) is 7.78. The summed E-state index contributed by atoms with van der Waals surface area (Å²) in [5.41, 5.74) is 1.33. The van der Waals surface area contributed by atoms with Crippen LogP contribution in [0.2, 0.25) is 5.02 Å². The SMILES string of the molecule is Cc1c(Cl)cccc1NC(=O)COC(=O)/C=C/c1ccc(Br)o1. The van der Waals surface area contributed by atoms with Crippen LogP contribution in [0.4, 0.5) is 5.69 Å². The van der Waals surface area contributed by atoms with Crippen LogP contribution in [0.1, 0.15) is 11.3 Å². The van der Waals surface area contributed by atoms with E-state index in [0.29, 0.717) is 21.1 Å². The quantitative estimate of drug-likeness (QED) is 0.605. The van der Waals surface area contributed by atoms with Crippen LogP contribution in [0.15, 0.2) is 45.5 Å². The van der Waals surface area contributed by atoms with E-state index >= 15 is 0 Å². The van der Waals surface area contributed by atoms with Crippen molar-refractivity contribution < 1.29 is 18.7 Å². The summed E-state index contributed by atoms with van der Waals surface area (Å²) < 4.78 is 10.6. The predicted molar refractivity (Wildman–Crippen MR) is 91.2 cm³/mol. The third-order valence-electron chi connectivity index (χ3n) is 2.86. The van der Waals surface area contributed by atoms with Crippen LogP contribution in [-0.2, 0) is 14.3 Å². The number of hydrogen-bond acceptors (Lipinski definition) is 4. The summed E-state index contributed by atoms with van der Waals surface area (Å²) in [6.07, 6.45) is 2.63. The second-order valence-electron chi connectivity index (χ2n) is 4.54. The van der Waals surface area contributed by atoms with Gasteiger partial charge in [-0.1, -0.05) is 17.7 Å². The van der Waals surface area contributed by atoms with Crippen molar-refractivity contribution in [3.8, 4) is 0 Å². The van der Waals surface area contributed by atoms with E-state index in [9.17, 15) is 9.59 Å². The molecule has 0 unspecified atom stereocenters. The van der Waals surface area contributed by atoms with Gasteiger partial charge in [0.2, 0.25) is 0 Å². The highest BCUT2D eigenvalue weighted by molar-refractivity contribution is 9.10. The minimum Gasteiger partial charge on any atom is -0.452 e. The molecule has 0 spiro atoms. The number of hydrogen-bond donors (Lipinski definition) is 1. The summed E-state index contributed by atoms with van der Waals surface area (Å²) >= 11 is 9.12. The summed E-state index contributed by atoms with van der Waals surface area (Å²) in [6.45, 7) is 1.39. The molecule has 0 atom stereocenters. The van der Waals surface area contributed by atoms with Gasteiger partial charge in [-0.3, -0.25) is 4.79 Å². The molecule has 0 aliphatic rings. The van der Waals surface area contributed by atoms with Crippen molar-refractivity contribution >= 4 is 51.2 Å². The maximum Gasteiger partial charge on any atom is 0.331 e. The van der Waals surface area contributed by atoms with E-state index < -0.39 is 18.5 Å². The maximum atomic E-state index is 11.8. The Kier molecular flexibility index (Phi) is 6.01. The topological polar surface area (TPSA) is 68.5 Å². The lowest BCUT2D eigenvalue weighted by atomic mass is 10.2. The maximum absolute atomic E-state index is 11.8. The largest absolute Gasteiger partial charge is 0.452 e. The average molecular weight is 399 g/mol. The second-order valence-corrected chi connectivity index (χ2v) is 5.73. The van der Waals surface area contributed by atoms with E-state index in [2.05, 4.69) is 21.2 Å². The van der Waals surface area contributed by atoms with Gasteiger partial charge in [0.05, 0.1) is 0 Å². The highest BCUT2D eigenvalue weighted by atomic mass is 79.9. The first-order valence-electron chi connectivity index (χ1n) is 6.61. The van der Waals surface area contributed by atoms with Crippen molar-refractivity contribution in [3.63, 3.8) is 0 Å². The zero-order valence-corrected chi connectivity index (χ0v) is 14.5. The van der Waals surface area contributed by atoms with E-state index in [4.69, 9.17) is 20.8 Å². The minimum absolute atomic E-state index is 0.392. The third kappa shape index (κ3) is 5.26. The van der Waals surface area contributed by atoms with Crippen molar-refractivity contribution in [3.05, 3.63) is 57.4 Å². The van der Waals surface area contributed by atoms with Gasteiger partial charge in [-0.15, -0.1) is 0 Å². The molecule has 23 heavy (non-hydrogen) atoms. The molecular weight excluding hydrogens is 386 g/mol. The normalized spacial score (nSPS) is 10.7. The van der Waals surface area contributed by atoms with Gasteiger partial charge in [-0.25, -0.2) is 4.79 Å². The number of rotatable bonds is 5. The summed E-state index contributed by atoms with van der Waals surface area (Å²) in [5.74, 6) is -0.596. The van der Waals surface area contributed by atoms with Gasteiger partial charge in [-0.05, 0) is 58.8 Å². The van der Waals surface area contributed by atoms with Crippen LogP contribution in [0.25, 0.3) is 6.08 Å². The van der Waals surface area contributed by atoms with Gasteiger partial charge in [-0.2, -0.15) is 0 Å². The molecule has 2 aromatic rings. The Hall–Kier alpha value is -2.05. The van der Waals surface area contributed by atoms with Crippen molar-refractivity contribution in [1.82, 2.24) is 0 Å². The number of benzene rings is 1. The third-order valence-corrected chi connectivity index (χ3v) is 3.70. The molecule has 0 saturated carbocycles. The van der Waals surface area contributed by atoms with Gasteiger partial charge < -0.3 is 14.5 Å². The Bertz CT molecular complexity index is 754. The summed E-state index contributed by atoms with van der Waals surface area (Å²) in [4.78, 5) is 23.3. The Morgan fingerprint density at radius 3 is 2.83 bits per heavy atom. The molecule has 7 heteroatoms. The van der Waals surface area contributed by atoms with E-state index in [1.807, 2.05) is 0 Å².